The molecule has 29 heavy (non-hydrogen) atoms. The maximum atomic E-state index is 12.8. The first-order valence-corrected chi connectivity index (χ1v) is 10.9. The van der Waals surface area contributed by atoms with Crippen molar-refractivity contribution < 1.29 is 19.1 Å². The Hall–Kier alpha value is -2.47. The second-order valence-electron chi connectivity index (χ2n) is 8.12. The fourth-order valence-electron chi connectivity index (χ4n) is 4.40. The van der Waals surface area contributed by atoms with Crippen molar-refractivity contribution in [2.24, 2.45) is 0 Å². The zero-order valence-corrected chi connectivity index (χ0v) is 17.6. The molecule has 6 heteroatoms. The summed E-state index contributed by atoms with van der Waals surface area (Å²) in [6, 6.07) is 7.59. The van der Waals surface area contributed by atoms with Crippen LogP contribution in [0.4, 0.5) is 0 Å². The molecule has 2 aliphatic rings. The molecule has 1 spiro atoms. The van der Waals surface area contributed by atoms with Crippen LogP contribution in [0.5, 0.6) is 5.75 Å². The number of ether oxygens (including phenoxy) is 1. The smallest absolute Gasteiger partial charge is 0.223 e. The number of piperidine rings is 1. The molecule has 2 aromatic rings. The average Bonchev–Trinajstić information content (AvgIpc) is 3.20. The molecule has 0 atom stereocenters. The summed E-state index contributed by atoms with van der Waals surface area (Å²) in [5.74, 6) is 0.828. The maximum Gasteiger partial charge on any atom is 0.223 e. The number of amides is 1. The molecule has 0 N–H and O–H groups in total. The topological polar surface area (TPSA) is 63.7 Å². The zero-order valence-electron chi connectivity index (χ0n) is 16.8. The van der Waals surface area contributed by atoms with Crippen molar-refractivity contribution in [2.75, 3.05) is 13.1 Å². The highest BCUT2D eigenvalue weighted by Gasteiger charge is 2.44. The van der Waals surface area contributed by atoms with Gasteiger partial charge in [-0.1, -0.05) is 12.1 Å². The number of thiophene rings is 1. The number of carbonyl (C=O) groups excluding carboxylic acids is 3. The molecule has 1 amide bonds. The number of Topliss-reactive ketones (excluding diaryl/α,β-unsaturated/α-hetero) is 2. The summed E-state index contributed by atoms with van der Waals surface area (Å²) in [4.78, 5) is 40.0. The highest BCUT2D eigenvalue weighted by atomic mass is 32.1. The van der Waals surface area contributed by atoms with Crippen LogP contribution in [-0.2, 0) is 4.79 Å². The molecule has 3 heterocycles. The SMILES string of the molecule is Cc1cc(C)c2c(c1)OC1(CCN(C(=O)CCC(=O)c3cccs3)CC1)CC2=O. The Bertz CT molecular complexity index is 956. The van der Waals surface area contributed by atoms with Crippen LogP contribution in [0.15, 0.2) is 29.6 Å². The minimum absolute atomic E-state index is 0.000943. The first-order valence-electron chi connectivity index (χ1n) is 10.0. The molecule has 152 valence electrons. The number of carbonyl (C=O) groups is 3. The van der Waals surface area contributed by atoms with Crippen molar-refractivity contribution in [1.82, 2.24) is 4.90 Å². The van der Waals surface area contributed by atoms with E-state index in [1.165, 1.54) is 11.3 Å². The summed E-state index contributed by atoms with van der Waals surface area (Å²) in [7, 11) is 0. The van der Waals surface area contributed by atoms with Crippen LogP contribution in [0.2, 0.25) is 0 Å². The standard InChI is InChI=1S/C23H25NO4S/c1-15-12-16(2)22-18(26)14-23(28-19(22)13-15)7-9-24(10-8-23)21(27)6-5-17(25)20-4-3-11-29-20/h3-4,11-13H,5-10,14H2,1-2H3. The number of nitrogens with zero attached hydrogens (tertiary/aromatic N) is 1. The normalized spacial score (nSPS) is 17.7. The van der Waals surface area contributed by atoms with Crippen LogP contribution < -0.4 is 4.74 Å². The molecular formula is C23H25NO4S. The minimum atomic E-state index is -0.520. The third kappa shape index (κ3) is 3.99. The number of fused-ring (bicyclic) bond motifs is 1. The largest absolute Gasteiger partial charge is 0.486 e. The first kappa shape index (κ1) is 19.8. The van der Waals surface area contributed by atoms with Gasteiger partial charge in [0.25, 0.3) is 0 Å². The molecule has 5 nitrogen and oxygen atoms in total. The minimum Gasteiger partial charge on any atom is -0.486 e. The molecule has 0 bridgehead atoms. The highest BCUT2D eigenvalue weighted by molar-refractivity contribution is 7.12. The Balaban J connectivity index is 1.37. The Morgan fingerprint density at radius 1 is 1.17 bits per heavy atom. The van der Waals surface area contributed by atoms with Crippen LogP contribution in [0, 0.1) is 13.8 Å². The van der Waals surface area contributed by atoms with E-state index in [0.29, 0.717) is 48.5 Å². The number of hydrogen-bond acceptors (Lipinski definition) is 5. The predicted molar refractivity (Wildman–Crippen MR) is 112 cm³/mol. The second kappa shape index (κ2) is 7.75. The molecule has 0 radical (unpaired) electrons. The molecule has 1 fully saturated rings. The van der Waals surface area contributed by atoms with Gasteiger partial charge in [0.1, 0.15) is 11.4 Å². The summed E-state index contributed by atoms with van der Waals surface area (Å²) in [6.07, 6.45) is 2.10. The average molecular weight is 412 g/mol. The molecule has 2 aliphatic heterocycles. The van der Waals surface area contributed by atoms with E-state index in [1.54, 1.807) is 11.0 Å². The molecule has 1 saturated heterocycles. The van der Waals surface area contributed by atoms with Gasteiger partial charge in [0.05, 0.1) is 16.9 Å². The summed E-state index contributed by atoms with van der Waals surface area (Å²) in [6.45, 7) is 5.06. The Morgan fingerprint density at radius 3 is 2.62 bits per heavy atom. The van der Waals surface area contributed by atoms with E-state index in [-0.39, 0.29) is 30.3 Å². The number of aryl methyl sites for hydroxylation is 2. The monoisotopic (exact) mass is 411 g/mol. The van der Waals surface area contributed by atoms with Gasteiger partial charge < -0.3 is 9.64 Å². The summed E-state index contributed by atoms with van der Waals surface area (Å²) >= 11 is 1.41. The molecule has 1 aromatic carbocycles. The van der Waals surface area contributed by atoms with E-state index in [1.807, 2.05) is 37.4 Å². The van der Waals surface area contributed by atoms with Gasteiger partial charge >= 0.3 is 0 Å². The Morgan fingerprint density at radius 2 is 1.93 bits per heavy atom. The maximum absolute atomic E-state index is 12.8. The van der Waals surface area contributed by atoms with Gasteiger partial charge in [0.2, 0.25) is 5.91 Å². The molecule has 0 aliphatic carbocycles. The lowest BCUT2D eigenvalue weighted by molar-refractivity contribution is -0.134. The fraction of sp³-hybridized carbons (Fsp3) is 0.435. The first-order chi connectivity index (χ1) is 13.9. The lowest BCUT2D eigenvalue weighted by Crippen LogP contribution is -2.52. The van der Waals surface area contributed by atoms with Crippen molar-refractivity contribution in [3.8, 4) is 5.75 Å². The number of ketones is 2. The van der Waals surface area contributed by atoms with Gasteiger partial charge in [-0.05, 0) is 42.5 Å². The number of rotatable bonds is 4. The van der Waals surface area contributed by atoms with E-state index < -0.39 is 5.60 Å². The van der Waals surface area contributed by atoms with Gasteiger partial charge in [0, 0.05) is 38.8 Å². The third-order valence-corrected chi connectivity index (χ3v) is 6.83. The van der Waals surface area contributed by atoms with Crippen LogP contribution in [0.1, 0.15) is 63.3 Å². The van der Waals surface area contributed by atoms with Crippen LogP contribution in [0.25, 0.3) is 0 Å². The molecule has 0 unspecified atom stereocenters. The predicted octanol–water partition coefficient (Wildman–Crippen LogP) is 4.35. The molecule has 0 saturated carbocycles. The molecule has 4 rings (SSSR count). The van der Waals surface area contributed by atoms with Crippen LogP contribution in [-0.4, -0.2) is 41.1 Å². The van der Waals surface area contributed by atoms with Crippen LogP contribution in [0.3, 0.4) is 0 Å². The van der Waals surface area contributed by atoms with Crippen molar-refractivity contribution in [1.29, 1.82) is 0 Å². The third-order valence-electron chi connectivity index (χ3n) is 5.92. The number of hydrogen-bond donors (Lipinski definition) is 0. The van der Waals surface area contributed by atoms with Crippen molar-refractivity contribution in [2.45, 2.75) is 51.6 Å². The van der Waals surface area contributed by atoms with Crippen molar-refractivity contribution >= 4 is 28.8 Å². The van der Waals surface area contributed by atoms with Gasteiger partial charge in [-0.25, -0.2) is 0 Å². The quantitative estimate of drug-likeness (QED) is 0.702. The lowest BCUT2D eigenvalue weighted by atomic mass is 9.81. The number of benzene rings is 1. The second-order valence-corrected chi connectivity index (χ2v) is 9.07. The van der Waals surface area contributed by atoms with Gasteiger partial charge in [-0.2, -0.15) is 0 Å². The van der Waals surface area contributed by atoms with E-state index in [2.05, 4.69) is 0 Å². The van der Waals surface area contributed by atoms with Gasteiger partial charge in [-0.15, -0.1) is 11.3 Å². The lowest BCUT2D eigenvalue weighted by Gasteiger charge is -2.44. The van der Waals surface area contributed by atoms with Gasteiger partial charge in [0.15, 0.2) is 11.6 Å². The van der Waals surface area contributed by atoms with E-state index in [4.69, 9.17) is 4.74 Å². The summed E-state index contributed by atoms with van der Waals surface area (Å²) in [5.41, 5.74) is 2.22. The fourth-order valence-corrected chi connectivity index (χ4v) is 5.09. The van der Waals surface area contributed by atoms with Crippen molar-refractivity contribution in [3.05, 3.63) is 51.2 Å². The Kier molecular flexibility index (Phi) is 5.30. The van der Waals surface area contributed by atoms with E-state index in [0.717, 1.165) is 11.1 Å². The highest BCUT2D eigenvalue weighted by Crippen LogP contribution is 2.41. The number of likely N-dealkylation sites (tertiary alicyclic amines) is 1. The molecular weight excluding hydrogens is 386 g/mol. The van der Waals surface area contributed by atoms with Crippen molar-refractivity contribution in [3.63, 3.8) is 0 Å². The zero-order chi connectivity index (χ0) is 20.6. The molecule has 1 aromatic heterocycles. The van der Waals surface area contributed by atoms with E-state index in [9.17, 15) is 14.4 Å². The summed E-state index contributed by atoms with van der Waals surface area (Å²) in [5, 5.41) is 1.87. The van der Waals surface area contributed by atoms with Gasteiger partial charge in [-0.3, -0.25) is 14.4 Å². The van der Waals surface area contributed by atoms with E-state index >= 15 is 0 Å². The summed E-state index contributed by atoms with van der Waals surface area (Å²) < 4.78 is 6.36. The Labute approximate surface area is 174 Å². The van der Waals surface area contributed by atoms with Crippen LogP contribution >= 0.6 is 11.3 Å².